The van der Waals surface area contributed by atoms with Crippen LogP contribution >= 0.6 is 0 Å². The number of aromatic hydroxyl groups is 1. The molecule has 0 atom stereocenters. The molecule has 6 heteroatoms. The van der Waals surface area contributed by atoms with E-state index in [0.717, 1.165) is 43.0 Å². The first-order chi connectivity index (χ1) is 13.4. The number of hydrogen-bond donors (Lipinski definition) is 2. The number of carbonyl (C=O) groups is 1. The Morgan fingerprint density at radius 1 is 1.07 bits per heavy atom. The van der Waals surface area contributed by atoms with E-state index in [1.807, 2.05) is 25.1 Å². The van der Waals surface area contributed by atoms with Crippen LogP contribution in [-0.4, -0.2) is 56.8 Å². The van der Waals surface area contributed by atoms with E-state index < -0.39 is 0 Å². The van der Waals surface area contributed by atoms with E-state index in [4.69, 9.17) is 9.47 Å². The van der Waals surface area contributed by atoms with Gasteiger partial charge in [0.05, 0.1) is 19.8 Å². The van der Waals surface area contributed by atoms with Crippen molar-refractivity contribution in [2.75, 3.05) is 40.9 Å². The lowest BCUT2D eigenvalue weighted by atomic mass is 10.1. The molecule has 0 aliphatic heterocycles. The molecule has 2 aromatic carbocycles. The Balaban J connectivity index is 1.72. The zero-order valence-electron chi connectivity index (χ0n) is 17.1. The van der Waals surface area contributed by atoms with Gasteiger partial charge in [-0.3, -0.25) is 4.79 Å². The Bertz CT molecular complexity index is 792. The topological polar surface area (TPSA) is 71.0 Å². The predicted octanol–water partition coefficient (Wildman–Crippen LogP) is 3.01. The number of nitrogens with one attached hydrogen (secondary N) is 1. The SMILES string of the molecule is COc1ccc(CCN(C)CCCNC(=O)c2cc(C)ccc2O)cc1OC. The number of aryl methyl sites for hydroxylation is 1. The molecule has 0 aromatic heterocycles. The minimum Gasteiger partial charge on any atom is -0.507 e. The van der Waals surface area contributed by atoms with Gasteiger partial charge in [-0.25, -0.2) is 0 Å². The second kappa shape index (κ2) is 10.6. The third-order valence-corrected chi connectivity index (χ3v) is 4.63. The van der Waals surface area contributed by atoms with Crippen molar-refractivity contribution in [3.63, 3.8) is 0 Å². The van der Waals surface area contributed by atoms with Gasteiger partial charge in [0.1, 0.15) is 5.75 Å². The number of methoxy groups -OCH3 is 2. The highest BCUT2D eigenvalue weighted by Gasteiger charge is 2.11. The van der Waals surface area contributed by atoms with Gasteiger partial charge in [-0.2, -0.15) is 0 Å². The molecule has 0 saturated carbocycles. The van der Waals surface area contributed by atoms with Gasteiger partial charge in [0.2, 0.25) is 0 Å². The van der Waals surface area contributed by atoms with Crippen LogP contribution in [0.3, 0.4) is 0 Å². The average Bonchev–Trinajstić information content (AvgIpc) is 2.70. The molecule has 0 aliphatic carbocycles. The lowest BCUT2D eigenvalue weighted by molar-refractivity contribution is 0.0949. The molecule has 0 unspecified atom stereocenters. The summed E-state index contributed by atoms with van der Waals surface area (Å²) in [4.78, 5) is 14.4. The van der Waals surface area contributed by atoms with Gasteiger partial charge in [0, 0.05) is 13.1 Å². The van der Waals surface area contributed by atoms with Crippen LogP contribution in [0.5, 0.6) is 17.2 Å². The van der Waals surface area contributed by atoms with Crippen LogP contribution in [0.25, 0.3) is 0 Å². The van der Waals surface area contributed by atoms with Crippen LogP contribution in [0.2, 0.25) is 0 Å². The maximum Gasteiger partial charge on any atom is 0.255 e. The zero-order valence-corrected chi connectivity index (χ0v) is 17.1. The van der Waals surface area contributed by atoms with Crippen molar-refractivity contribution in [3.8, 4) is 17.2 Å². The number of hydrogen-bond acceptors (Lipinski definition) is 5. The molecular formula is C22H30N2O4. The van der Waals surface area contributed by atoms with E-state index in [1.165, 1.54) is 5.56 Å². The Morgan fingerprint density at radius 2 is 1.82 bits per heavy atom. The molecule has 0 radical (unpaired) electrons. The van der Waals surface area contributed by atoms with Crippen molar-refractivity contribution in [3.05, 3.63) is 53.1 Å². The van der Waals surface area contributed by atoms with Gasteiger partial charge < -0.3 is 24.8 Å². The van der Waals surface area contributed by atoms with Crippen molar-refractivity contribution in [1.82, 2.24) is 10.2 Å². The van der Waals surface area contributed by atoms with Crippen LogP contribution in [0.1, 0.15) is 27.9 Å². The largest absolute Gasteiger partial charge is 0.507 e. The highest BCUT2D eigenvalue weighted by atomic mass is 16.5. The van der Waals surface area contributed by atoms with Gasteiger partial charge in [0.15, 0.2) is 11.5 Å². The number of carbonyl (C=O) groups excluding carboxylic acids is 1. The quantitative estimate of drug-likeness (QED) is 0.614. The fourth-order valence-corrected chi connectivity index (χ4v) is 2.95. The Labute approximate surface area is 167 Å². The van der Waals surface area contributed by atoms with Crippen LogP contribution in [0.4, 0.5) is 0 Å². The molecule has 2 rings (SSSR count). The summed E-state index contributed by atoms with van der Waals surface area (Å²) in [7, 11) is 5.33. The van der Waals surface area contributed by atoms with Gasteiger partial charge in [-0.05, 0) is 63.2 Å². The van der Waals surface area contributed by atoms with Crippen LogP contribution in [0.15, 0.2) is 36.4 Å². The number of phenols is 1. The molecule has 0 saturated heterocycles. The number of benzene rings is 2. The molecule has 0 spiro atoms. The molecule has 2 aromatic rings. The van der Waals surface area contributed by atoms with Crippen LogP contribution in [0, 0.1) is 6.92 Å². The maximum absolute atomic E-state index is 12.2. The highest BCUT2D eigenvalue weighted by molar-refractivity contribution is 5.96. The summed E-state index contributed by atoms with van der Waals surface area (Å²) in [6.07, 6.45) is 1.74. The second-order valence-electron chi connectivity index (χ2n) is 6.87. The van der Waals surface area contributed by atoms with Gasteiger partial charge in [0.25, 0.3) is 5.91 Å². The van der Waals surface area contributed by atoms with E-state index in [1.54, 1.807) is 32.4 Å². The molecule has 0 heterocycles. The molecule has 0 bridgehead atoms. The molecule has 152 valence electrons. The third kappa shape index (κ3) is 6.16. The first-order valence-corrected chi connectivity index (χ1v) is 9.42. The first-order valence-electron chi connectivity index (χ1n) is 9.42. The van der Waals surface area contributed by atoms with Gasteiger partial charge in [-0.1, -0.05) is 17.7 Å². The first kappa shape index (κ1) is 21.6. The Morgan fingerprint density at radius 3 is 2.54 bits per heavy atom. The minimum atomic E-state index is -0.241. The number of phenolic OH excluding ortho intramolecular Hbond substituents is 1. The lowest BCUT2D eigenvalue weighted by Gasteiger charge is -2.17. The summed E-state index contributed by atoms with van der Waals surface area (Å²) in [6, 6.07) is 11.0. The lowest BCUT2D eigenvalue weighted by Crippen LogP contribution is -2.29. The molecule has 2 N–H and O–H groups in total. The van der Waals surface area contributed by atoms with Gasteiger partial charge in [-0.15, -0.1) is 0 Å². The molecular weight excluding hydrogens is 356 g/mol. The average molecular weight is 386 g/mol. The smallest absolute Gasteiger partial charge is 0.255 e. The Kier molecular flexibility index (Phi) is 8.14. The van der Waals surface area contributed by atoms with Gasteiger partial charge >= 0.3 is 0 Å². The van der Waals surface area contributed by atoms with E-state index in [9.17, 15) is 9.90 Å². The summed E-state index contributed by atoms with van der Waals surface area (Å²) in [5.74, 6) is 1.24. The van der Waals surface area contributed by atoms with E-state index in [2.05, 4.69) is 17.3 Å². The van der Waals surface area contributed by atoms with Crippen molar-refractivity contribution in [2.45, 2.75) is 19.8 Å². The van der Waals surface area contributed by atoms with E-state index in [0.29, 0.717) is 12.1 Å². The number of likely N-dealkylation sites (N-methyl/N-ethyl adjacent to an activating group) is 1. The zero-order chi connectivity index (χ0) is 20.5. The van der Waals surface area contributed by atoms with Crippen molar-refractivity contribution < 1.29 is 19.4 Å². The standard InChI is InChI=1S/C22H30N2O4/c1-16-6-8-19(25)18(14-16)22(26)23-11-5-12-24(2)13-10-17-7-9-20(27-3)21(15-17)28-4/h6-9,14-15,25H,5,10-13H2,1-4H3,(H,23,26). The van der Waals surface area contributed by atoms with E-state index in [-0.39, 0.29) is 11.7 Å². The normalized spacial score (nSPS) is 10.8. The fourth-order valence-electron chi connectivity index (χ4n) is 2.95. The number of rotatable bonds is 10. The van der Waals surface area contributed by atoms with Crippen molar-refractivity contribution >= 4 is 5.91 Å². The number of amides is 1. The van der Waals surface area contributed by atoms with Crippen molar-refractivity contribution in [1.29, 1.82) is 0 Å². The molecule has 0 fully saturated rings. The fraction of sp³-hybridized carbons (Fsp3) is 0.409. The molecule has 0 aliphatic rings. The maximum atomic E-state index is 12.2. The molecule has 28 heavy (non-hydrogen) atoms. The summed E-state index contributed by atoms with van der Waals surface area (Å²) >= 11 is 0. The molecule has 6 nitrogen and oxygen atoms in total. The van der Waals surface area contributed by atoms with Crippen LogP contribution < -0.4 is 14.8 Å². The predicted molar refractivity (Wildman–Crippen MR) is 111 cm³/mol. The molecule has 1 amide bonds. The monoisotopic (exact) mass is 386 g/mol. The summed E-state index contributed by atoms with van der Waals surface area (Å²) in [5.41, 5.74) is 2.45. The minimum absolute atomic E-state index is 0.00939. The summed E-state index contributed by atoms with van der Waals surface area (Å²) < 4.78 is 10.6. The summed E-state index contributed by atoms with van der Waals surface area (Å²) in [5, 5.41) is 12.7. The van der Waals surface area contributed by atoms with Crippen LogP contribution in [-0.2, 0) is 6.42 Å². The second-order valence-corrected chi connectivity index (χ2v) is 6.87. The third-order valence-electron chi connectivity index (χ3n) is 4.63. The van der Waals surface area contributed by atoms with Crippen molar-refractivity contribution in [2.24, 2.45) is 0 Å². The summed E-state index contributed by atoms with van der Waals surface area (Å²) in [6.45, 7) is 4.23. The number of ether oxygens (including phenoxy) is 2. The van der Waals surface area contributed by atoms with E-state index >= 15 is 0 Å². The number of nitrogens with zero attached hydrogens (tertiary/aromatic N) is 1. The Hall–Kier alpha value is -2.73. The highest BCUT2D eigenvalue weighted by Crippen LogP contribution is 2.27.